The molecule has 0 fully saturated rings. The van der Waals surface area contributed by atoms with Gasteiger partial charge in [0, 0.05) is 18.2 Å². The van der Waals surface area contributed by atoms with Gasteiger partial charge in [-0.3, -0.25) is 0 Å². The lowest BCUT2D eigenvalue weighted by Crippen LogP contribution is -2.19. The molecule has 0 heterocycles. The van der Waals surface area contributed by atoms with Crippen LogP contribution in [0.25, 0.3) is 0 Å². The maximum Gasteiger partial charge on any atom is 0.165 e. The first kappa shape index (κ1) is 14.9. The molecule has 0 saturated carbocycles. The molecule has 0 amide bonds. The summed E-state index contributed by atoms with van der Waals surface area (Å²) in [4.78, 5) is 0. The normalized spacial score (nSPS) is 16.4. The summed E-state index contributed by atoms with van der Waals surface area (Å²) in [6, 6.07) is 11.2. The van der Waals surface area contributed by atoms with Gasteiger partial charge in [0.05, 0.1) is 14.2 Å². The van der Waals surface area contributed by atoms with Crippen molar-refractivity contribution in [3.05, 3.63) is 58.9 Å². The molecule has 0 unspecified atom stereocenters. The molecule has 3 nitrogen and oxygen atoms in total. The molecule has 116 valence electrons. The van der Waals surface area contributed by atoms with E-state index in [0.717, 1.165) is 35.5 Å². The first-order chi connectivity index (χ1) is 10.7. The van der Waals surface area contributed by atoms with Crippen LogP contribution in [-0.4, -0.2) is 14.2 Å². The van der Waals surface area contributed by atoms with Gasteiger partial charge in [0.1, 0.15) is 5.82 Å². The summed E-state index contributed by atoms with van der Waals surface area (Å²) in [5, 5.41) is 3.54. The number of benzene rings is 2. The van der Waals surface area contributed by atoms with E-state index in [1.807, 2.05) is 24.3 Å². The molecule has 1 atom stereocenters. The zero-order chi connectivity index (χ0) is 15.5. The summed E-state index contributed by atoms with van der Waals surface area (Å²) in [6.07, 6.45) is 1.91. The monoisotopic (exact) mass is 301 g/mol. The van der Waals surface area contributed by atoms with Gasteiger partial charge in [-0.05, 0) is 42.2 Å². The number of fused-ring (bicyclic) bond motifs is 1. The molecule has 22 heavy (non-hydrogen) atoms. The average molecular weight is 301 g/mol. The molecule has 1 N–H and O–H groups in total. The smallest absolute Gasteiger partial charge is 0.165 e. The minimum atomic E-state index is -0.158. The molecule has 2 aromatic rings. The van der Waals surface area contributed by atoms with Crippen molar-refractivity contribution < 1.29 is 13.9 Å². The highest BCUT2D eigenvalue weighted by atomic mass is 19.1. The SMILES string of the molecule is COc1cccc(CN[C@@H]2CCc3cc(F)ccc32)c1OC. The third-order valence-electron chi connectivity index (χ3n) is 4.21. The second kappa shape index (κ2) is 6.36. The predicted molar refractivity (Wildman–Crippen MR) is 83.8 cm³/mol. The maximum atomic E-state index is 13.3. The lowest BCUT2D eigenvalue weighted by atomic mass is 10.1. The molecule has 3 rings (SSSR count). The Morgan fingerprint density at radius 1 is 1.18 bits per heavy atom. The zero-order valence-electron chi connectivity index (χ0n) is 12.9. The second-order valence-electron chi connectivity index (χ2n) is 5.47. The fourth-order valence-corrected chi connectivity index (χ4v) is 3.12. The molecule has 0 bridgehead atoms. The van der Waals surface area contributed by atoms with Crippen molar-refractivity contribution in [2.24, 2.45) is 0 Å². The number of halogens is 1. The molecular formula is C18H20FNO2. The van der Waals surface area contributed by atoms with Gasteiger partial charge < -0.3 is 14.8 Å². The fraction of sp³-hybridized carbons (Fsp3) is 0.333. The van der Waals surface area contributed by atoms with Gasteiger partial charge in [-0.2, -0.15) is 0 Å². The van der Waals surface area contributed by atoms with E-state index in [1.54, 1.807) is 20.3 Å². The van der Waals surface area contributed by atoms with Gasteiger partial charge in [0.2, 0.25) is 0 Å². The van der Waals surface area contributed by atoms with Crippen molar-refractivity contribution in [1.82, 2.24) is 5.32 Å². The van der Waals surface area contributed by atoms with E-state index in [-0.39, 0.29) is 11.9 Å². The zero-order valence-corrected chi connectivity index (χ0v) is 12.9. The van der Waals surface area contributed by atoms with Crippen LogP contribution in [0.2, 0.25) is 0 Å². The van der Waals surface area contributed by atoms with Gasteiger partial charge >= 0.3 is 0 Å². The lowest BCUT2D eigenvalue weighted by Gasteiger charge is -2.17. The molecule has 4 heteroatoms. The van der Waals surface area contributed by atoms with E-state index in [2.05, 4.69) is 5.32 Å². The number of ether oxygens (including phenoxy) is 2. The Bertz CT molecular complexity index is 672. The largest absolute Gasteiger partial charge is 0.493 e. The molecule has 0 spiro atoms. The quantitative estimate of drug-likeness (QED) is 0.915. The van der Waals surface area contributed by atoms with Crippen LogP contribution in [0.1, 0.15) is 29.2 Å². The Kier molecular flexibility index (Phi) is 4.29. The maximum absolute atomic E-state index is 13.3. The predicted octanol–water partition coefficient (Wildman–Crippen LogP) is 3.62. The van der Waals surface area contributed by atoms with E-state index >= 15 is 0 Å². The summed E-state index contributed by atoms with van der Waals surface area (Å²) in [6.45, 7) is 0.682. The van der Waals surface area contributed by atoms with Crippen molar-refractivity contribution in [2.45, 2.75) is 25.4 Å². The Labute approximate surface area is 130 Å². The van der Waals surface area contributed by atoms with Gasteiger partial charge in [0.25, 0.3) is 0 Å². The van der Waals surface area contributed by atoms with Crippen molar-refractivity contribution in [3.63, 3.8) is 0 Å². The number of nitrogens with one attached hydrogen (secondary N) is 1. The minimum absolute atomic E-state index is 0.158. The van der Waals surface area contributed by atoms with Gasteiger partial charge in [0.15, 0.2) is 11.5 Å². The van der Waals surface area contributed by atoms with E-state index in [9.17, 15) is 4.39 Å². The molecule has 0 aliphatic heterocycles. The molecule has 2 aromatic carbocycles. The lowest BCUT2D eigenvalue weighted by molar-refractivity contribution is 0.349. The number of hydrogen-bond donors (Lipinski definition) is 1. The standard InChI is InChI=1S/C18H20FNO2/c1-21-17-5-3-4-13(18(17)22-2)11-20-16-9-6-12-10-14(19)7-8-15(12)16/h3-5,7-8,10,16,20H,6,9,11H2,1-2H3/t16-/m1/s1. The van der Waals surface area contributed by atoms with Gasteiger partial charge in [-0.15, -0.1) is 0 Å². The summed E-state index contributed by atoms with van der Waals surface area (Å²) in [5.74, 6) is 1.33. The summed E-state index contributed by atoms with van der Waals surface area (Å²) < 4.78 is 24.0. The highest BCUT2D eigenvalue weighted by molar-refractivity contribution is 5.46. The Balaban J connectivity index is 1.75. The summed E-state index contributed by atoms with van der Waals surface area (Å²) in [5.41, 5.74) is 3.36. The highest BCUT2D eigenvalue weighted by Gasteiger charge is 2.22. The molecule has 1 aliphatic rings. The third-order valence-corrected chi connectivity index (χ3v) is 4.21. The van der Waals surface area contributed by atoms with Crippen LogP contribution in [-0.2, 0) is 13.0 Å². The molecule has 0 saturated heterocycles. The number of para-hydroxylation sites is 1. The Morgan fingerprint density at radius 2 is 2.05 bits per heavy atom. The highest BCUT2D eigenvalue weighted by Crippen LogP contribution is 2.34. The first-order valence-corrected chi connectivity index (χ1v) is 7.44. The Morgan fingerprint density at radius 3 is 2.82 bits per heavy atom. The van der Waals surface area contributed by atoms with Crippen LogP contribution < -0.4 is 14.8 Å². The Hall–Kier alpha value is -2.07. The van der Waals surface area contributed by atoms with E-state index in [1.165, 1.54) is 11.6 Å². The summed E-state index contributed by atoms with van der Waals surface area (Å²) in [7, 11) is 3.28. The minimum Gasteiger partial charge on any atom is -0.493 e. The number of aryl methyl sites for hydroxylation is 1. The number of rotatable bonds is 5. The van der Waals surface area contributed by atoms with E-state index in [4.69, 9.17) is 9.47 Å². The molecular weight excluding hydrogens is 281 g/mol. The van der Waals surface area contributed by atoms with Crippen LogP contribution in [0.15, 0.2) is 36.4 Å². The first-order valence-electron chi connectivity index (χ1n) is 7.44. The van der Waals surface area contributed by atoms with E-state index in [0.29, 0.717) is 6.54 Å². The van der Waals surface area contributed by atoms with Crippen molar-refractivity contribution in [1.29, 1.82) is 0 Å². The number of hydrogen-bond acceptors (Lipinski definition) is 3. The average Bonchev–Trinajstić information content (AvgIpc) is 2.94. The topological polar surface area (TPSA) is 30.5 Å². The number of methoxy groups -OCH3 is 2. The third kappa shape index (κ3) is 2.79. The van der Waals surface area contributed by atoms with Gasteiger partial charge in [-0.25, -0.2) is 4.39 Å². The second-order valence-corrected chi connectivity index (χ2v) is 5.47. The van der Waals surface area contributed by atoms with Crippen LogP contribution in [0.4, 0.5) is 4.39 Å². The van der Waals surface area contributed by atoms with Crippen LogP contribution in [0, 0.1) is 5.82 Å². The van der Waals surface area contributed by atoms with Gasteiger partial charge in [-0.1, -0.05) is 18.2 Å². The molecule has 1 aliphatic carbocycles. The van der Waals surface area contributed by atoms with Crippen LogP contribution in [0.3, 0.4) is 0 Å². The van der Waals surface area contributed by atoms with Crippen molar-refractivity contribution in [3.8, 4) is 11.5 Å². The van der Waals surface area contributed by atoms with E-state index < -0.39 is 0 Å². The van der Waals surface area contributed by atoms with Crippen LogP contribution in [0.5, 0.6) is 11.5 Å². The van der Waals surface area contributed by atoms with Crippen molar-refractivity contribution in [2.75, 3.05) is 14.2 Å². The molecule has 0 radical (unpaired) electrons. The fourth-order valence-electron chi connectivity index (χ4n) is 3.12. The molecule has 0 aromatic heterocycles. The van der Waals surface area contributed by atoms with Crippen molar-refractivity contribution >= 4 is 0 Å². The summed E-state index contributed by atoms with van der Waals surface area (Å²) >= 11 is 0. The van der Waals surface area contributed by atoms with Crippen LogP contribution >= 0.6 is 0 Å².